The first kappa shape index (κ1) is 19.1. The molecule has 3 atom stereocenters. The Hall–Kier alpha value is -1.18. The monoisotopic (exact) mass is 340 g/mol. The van der Waals surface area contributed by atoms with Crippen LogP contribution in [0.25, 0.3) is 0 Å². The largest absolute Gasteiger partial charge is 0.383 e. The fourth-order valence-electron chi connectivity index (χ4n) is 3.84. The first-order valence-electron chi connectivity index (χ1n) is 8.91. The minimum atomic E-state index is 0.0398. The molecule has 2 heterocycles. The van der Waals surface area contributed by atoms with Crippen LogP contribution in [0.4, 0.5) is 0 Å². The van der Waals surface area contributed by atoms with Crippen molar-refractivity contribution in [2.75, 3.05) is 59.5 Å². The second-order valence-electron chi connectivity index (χ2n) is 7.20. The Morgan fingerprint density at radius 3 is 2.46 bits per heavy atom. The molecule has 2 aliphatic rings. The van der Waals surface area contributed by atoms with E-state index in [0.29, 0.717) is 25.1 Å². The average molecular weight is 340 g/mol. The van der Waals surface area contributed by atoms with E-state index in [1.165, 1.54) is 0 Å². The maximum atomic E-state index is 12.1. The highest BCUT2D eigenvalue weighted by Gasteiger charge is 2.36. The van der Waals surface area contributed by atoms with Gasteiger partial charge in [0, 0.05) is 65.4 Å². The summed E-state index contributed by atoms with van der Waals surface area (Å²) >= 11 is 0. The van der Waals surface area contributed by atoms with E-state index in [4.69, 9.17) is 4.74 Å². The second-order valence-corrected chi connectivity index (χ2v) is 7.20. The topological polar surface area (TPSA) is 65.1 Å². The highest BCUT2D eigenvalue weighted by molar-refractivity contribution is 5.78. The molecule has 0 aromatic carbocycles. The number of hydrogen-bond acceptors (Lipinski definition) is 5. The molecular formula is C17H32N4O3. The van der Waals surface area contributed by atoms with Crippen LogP contribution in [0.15, 0.2) is 0 Å². The van der Waals surface area contributed by atoms with Crippen LogP contribution in [-0.4, -0.2) is 98.1 Å². The van der Waals surface area contributed by atoms with E-state index >= 15 is 0 Å². The van der Waals surface area contributed by atoms with Crippen LogP contribution in [0.1, 0.15) is 20.8 Å². The van der Waals surface area contributed by atoms with Gasteiger partial charge >= 0.3 is 0 Å². The zero-order valence-electron chi connectivity index (χ0n) is 15.5. The Kier molecular flexibility index (Phi) is 7.01. The van der Waals surface area contributed by atoms with Crippen LogP contribution in [0.2, 0.25) is 0 Å². The quantitative estimate of drug-likeness (QED) is 0.714. The number of piperazine rings is 1. The molecule has 138 valence electrons. The van der Waals surface area contributed by atoms with Gasteiger partial charge in [0.05, 0.1) is 13.2 Å². The maximum absolute atomic E-state index is 12.1. The molecule has 24 heavy (non-hydrogen) atoms. The fraction of sp³-hybridized carbons (Fsp3) is 0.882. The van der Waals surface area contributed by atoms with Crippen molar-refractivity contribution in [1.29, 1.82) is 0 Å². The van der Waals surface area contributed by atoms with Gasteiger partial charge in [-0.1, -0.05) is 6.92 Å². The van der Waals surface area contributed by atoms with Crippen LogP contribution in [-0.2, 0) is 14.3 Å². The zero-order valence-corrected chi connectivity index (χ0v) is 15.5. The van der Waals surface area contributed by atoms with E-state index in [9.17, 15) is 9.59 Å². The molecule has 0 saturated carbocycles. The molecule has 7 heteroatoms. The summed E-state index contributed by atoms with van der Waals surface area (Å²) in [4.78, 5) is 30.2. The third-order valence-corrected chi connectivity index (χ3v) is 5.07. The fourth-order valence-corrected chi connectivity index (χ4v) is 3.84. The van der Waals surface area contributed by atoms with Crippen molar-refractivity contribution >= 4 is 11.8 Å². The number of carbonyl (C=O) groups is 2. The van der Waals surface area contributed by atoms with Crippen molar-refractivity contribution in [3.8, 4) is 0 Å². The summed E-state index contributed by atoms with van der Waals surface area (Å²) in [6.07, 6.45) is 0. The van der Waals surface area contributed by atoms with Crippen LogP contribution in [0, 0.1) is 5.92 Å². The Bertz CT molecular complexity index is 438. The predicted octanol–water partition coefficient (Wildman–Crippen LogP) is -0.378. The van der Waals surface area contributed by atoms with Crippen LogP contribution in [0.3, 0.4) is 0 Å². The molecular weight excluding hydrogens is 308 g/mol. The van der Waals surface area contributed by atoms with Crippen LogP contribution in [0.5, 0.6) is 0 Å². The van der Waals surface area contributed by atoms with E-state index in [2.05, 4.69) is 22.0 Å². The molecule has 7 nitrogen and oxygen atoms in total. The molecule has 0 spiro atoms. The molecule has 1 N–H and O–H groups in total. The zero-order chi connectivity index (χ0) is 17.7. The number of nitrogens with one attached hydrogen (secondary N) is 1. The molecule has 0 bridgehead atoms. The van der Waals surface area contributed by atoms with E-state index in [1.807, 2.05) is 11.8 Å². The first-order chi connectivity index (χ1) is 11.4. The van der Waals surface area contributed by atoms with Crippen LogP contribution < -0.4 is 5.32 Å². The minimum Gasteiger partial charge on any atom is -0.383 e. The van der Waals surface area contributed by atoms with Gasteiger partial charge in [0.1, 0.15) is 0 Å². The molecule has 2 rings (SSSR count). The lowest BCUT2D eigenvalue weighted by Crippen LogP contribution is -2.53. The summed E-state index contributed by atoms with van der Waals surface area (Å²) in [6.45, 7) is 12.2. The molecule has 0 aromatic heterocycles. The van der Waals surface area contributed by atoms with Crippen molar-refractivity contribution in [1.82, 2.24) is 20.0 Å². The Balaban J connectivity index is 1.78. The van der Waals surface area contributed by atoms with E-state index < -0.39 is 0 Å². The summed E-state index contributed by atoms with van der Waals surface area (Å²) in [5.41, 5.74) is 0. The van der Waals surface area contributed by atoms with Crippen molar-refractivity contribution in [3.05, 3.63) is 0 Å². The SMILES string of the molecule is COC[C@H](C)NC(=O)CN1C[C@H](C)[C@@H](N2CCN(C(C)=O)CC2)C1. The number of likely N-dealkylation sites (tertiary alicyclic amines) is 1. The highest BCUT2D eigenvalue weighted by atomic mass is 16.5. The van der Waals surface area contributed by atoms with E-state index in [1.54, 1.807) is 14.0 Å². The van der Waals surface area contributed by atoms with Gasteiger partial charge in [-0.05, 0) is 12.8 Å². The summed E-state index contributed by atoms with van der Waals surface area (Å²) in [7, 11) is 1.64. The Morgan fingerprint density at radius 1 is 1.21 bits per heavy atom. The molecule has 2 amide bonds. The van der Waals surface area contributed by atoms with Gasteiger partial charge in [-0.25, -0.2) is 0 Å². The highest BCUT2D eigenvalue weighted by Crippen LogP contribution is 2.22. The molecule has 0 radical (unpaired) electrons. The number of ether oxygens (including phenoxy) is 1. The number of hydrogen-bond donors (Lipinski definition) is 1. The smallest absolute Gasteiger partial charge is 0.234 e. The molecule has 2 saturated heterocycles. The maximum Gasteiger partial charge on any atom is 0.234 e. The van der Waals surface area contributed by atoms with Crippen molar-refractivity contribution < 1.29 is 14.3 Å². The molecule has 0 unspecified atom stereocenters. The van der Waals surface area contributed by atoms with Gasteiger partial charge in [0.2, 0.25) is 11.8 Å². The Labute approximate surface area is 145 Å². The molecule has 0 aromatic rings. The van der Waals surface area contributed by atoms with Gasteiger partial charge < -0.3 is 15.0 Å². The van der Waals surface area contributed by atoms with Crippen LogP contribution >= 0.6 is 0 Å². The van der Waals surface area contributed by atoms with Crippen molar-refractivity contribution in [2.45, 2.75) is 32.9 Å². The van der Waals surface area contributed by atoms with Gasteiger partial charge in [-0.15, -0.1) is 0 Å². The van der Waals surface area contributed by atoms with Gasteiger partial charge in [0.25, 0.3) is 0 Å². The van der Waals surface area contributed by atoms with E-state index in [0.717, 1.165) is 39.3 Å². The van der Waals surface area contributed by atoms with Gasteiger partial charge in [-0.2, -0.15) is 0 Å². The van der Waals surface area contributed by atoms with Gasteiger partial charge in [0.15, 0.2) is 0 Å². The average Bonchev–Trinajstić information content (AvgIpc) is 2.87. The Morgan fingerprint density at radius 2 is 1.88 bits per heavy atom. The number of carbonyl (C=O) groups excluding carboxylic acids is 2. The summed E-state index contributed by atoms with van der Waals surface area (Å²) in [5, 5.41) is 2.97. The third-order valence-electron chi connectivity index (χ3n) is 5.07. The standard InChI is InChI=1S/C17H32N4O3/c1-13-9-19(11-17(23)18-14(2)12-24-4)10-16(13)21-7-5-20(6-8-21)15(3)22/h13-14,16H,5-12H2,1-4H3,(H,18,23)/t13-,14-,16-/m0/s1. The summed E-state index contributed by atoms with van der Waals surface area (Å²) in [6, 6.07) is 0.515. The molecule has 2 fully saturated rings. The van der Waals surface area contributed by atoms with E-state index in [-0.39, 0.29) is 17.9 Å². The lowest BCUT2D eigenvalue weighted by Gasteiger charge is -2.39. The number of methoxy groups -OCH3 is 1. The number of nitrogens with zero attached hydrogens (tertiary/aromatic N) is 3. The lowest BCUT2D eigenvalue weighted by atomic mass is 10.0. The number of rotatable bonds is 6. The summed E-state index contributed by atoms with van der Waals surface area (Å²) < 4.78 is 5.05. The van der Waals surface area contributed by atoms with Crippen molar-refractivity contribution in [2.24, 2.45) is 5.92 Å². The second kappa shape index (κ2) is 8.78. The normalized spacial score (nSPS) is 27.2. The molecule has 0 aliphatic carbocycles. The third kappa shape index (κ3) is 5.16. The lowest BCUT2D eigenvalue weighted by molar-refractivity contribution is -0.131. The predicted molar refractivity (Wildman–Crippen MR) is 92.7 cm³/mol. The minimum absolute atomic E-state index is 0.0398. The molecule has 2 aliphatic heterocycles. The summed E-state index contributed by atoms with van der Waals surface area (Å²) in [5.74, 6) is 0.768. The number of amides is 2. The van der Waals surface area contributed by atoms with Crippen molar-refractivity contribution in [3.63, 3.8) is 0 Å². The first-order valence-corrected chi connectivity index (χ1v) is 8.91. The van der Waals surface area contributed by atoms with Gasteiger partial charge in [-0.3, -0.25) is 19.4 Å².